The molecule has 0 saturated carbocycles. The summed E-state index contributed by atoms with van der Waals surface area (Å²) in [6.07, 6.45) is 5.33. The molecule has 1 aromatic rings. The molecule has 0 radical (unpaired) electrons. The van der Waals surface area contributed by atoms with E-state index in [4.69, 9.17) is 0 Å². The van der Waals surface area contributed by atoms with Crippen LogP contribution in [-0.4, -0.2) is 27.4 Å². The van der Waals surface area contributed by atoms with E-state index < -0.39 is 10.0 Å². The zero-order valence-corrected chi connectivity index (χ0v) is 15.4. The summed E-state index contributed by atoms with van der Waals surface area (Å²) in [5.41, 5.74) is 2.39. The zero-order chi connectivity index (χ0) is 17.6. The Morgan fingerprint density at radius 1 is 1.12 bits per heavy atom. The summed E-state index contributed by atoms with van der Waals surface area (Å²) in [4.78, 5) is 12.0. The van der Waals surface area contributed by atoms with Gasteiger partial charge in [-0.25, -0.2) is 13.1 Å². The van der Waals surface area contributed by atoms with Crippen LogP contribution in [0.2, 0.25) is 0 Å². The summed E-state index contributed by atoms with van der Waals surface area (Å²) in [7, 11) is -3.55. The summed E-state index contributed by atoms with van der Waals surface area (Å²) >= 11 is 0. The van der Waals surface area contributed by atoms with Crippen molar-refractivity contribution in [2.24, 2.45) is 5.92 Å². The fourth-order valence-electron chi connectivity index (χ4n) is 2.85. The molecule has 0 aromatic heterocycles. The van der Waals surface area contributed by atoms with E-state index in [-0.39, 0.29) is 18.9 Å². The van der Waals surface area contributed by atoms with Gasteiger partial charge in [-0.05, 0) is 61.3 Å². The molecule has 0 saturated heterocycles. The summed E-state index contributed by atoms with van der Waals surface area (Å²) < 4.78 is 27.2. The lowest BCUT2D eigenvalue weighted by atomic mass is 9.92. The third kappa shape index (κ3) is 5.60. The van der Waals surface area contributed by atoms with Crippen molar-refractivity contribution in [1.82, 2.24) is 10.0 Å². The van der Waals surface area contributed by atoms with Crippen LogP contribution in [0.15, 0.2) is 23.1 Å². The van der Waals surface area contributed by atoms with Gasteiger partial charge in [0.25, 0.3) is 0 Å². The predicted molar refractivity (Wildman–Crippen MR) is 95.4 cm³/mol. The van der Waals surface area contributed by atoms with Crippen molar-refractivity contribution < 1.29 is 13.2 Å². The summed E-state index contributed by atoms with van der Waals surface area (Å²) in [6.45, 7) is 4.94. The molecule has 2 N–H and O–H groups in total. The second-order valence-corrected chi connectivity index (χ2v) is 8.58. The normalized spacial score (nSPS) is 14.5. The molecular weight excluding hydrogens is 324 g/mol. The van der Waals surface area contributed by atoms with E-state index in [1.54, 1.807) is 12.1 Å². The molecular formula is C18H28N2O3S. The van der Waals surface area contributed by atoms with Gasteiger partial charge in [-0.1, -0.05) is 19.9 Å². The molecule has 1 aliphatic carbocycles. The lowest BCUT2D eigenvalue weighted by Gasteiger charge is -2.16. The van der Waals surface area contributed by atoms with Crippen molar-refractivity contribution in [2.75, 3.05) is 13.1 Å². The van der Waals surface area contributed by atoms with Crippen molar-refractivity contribution in [3.8, 4) is 0 Å². The number of fused-ring (bicyclic) bond motifs is 1. The third-order valence-corrected chi connectivity index (χ3v) is 5.78. The molecule has 0 heterocycles. The van der Waals surface area contributed by atoms with Gasteiger partial charge in [0.2, 0.25) is 15.9 Å². The minimum absolute atomic E-state index is 0.118. The van der Waals surface area contributed by atoms with E-state index >= 15 is 0 Å². The number of rotatable bonds is 8. The number of nitrogens with one attached hydrogen (secondary N) is 2. The molecule has 134 valence electrons. The molecule has 2 rings (SSSR count). The number of sulfonamides is 1. The van der Waals surface area contributed by atoms with E-state index in [2.05, 4.69) is 23.9 Å². The Morgan fingerprint density at radius 2 is 1.83 bits per heavy atom. The standard InChI is InChI=1S/C18H28N2O3S/c1-14(2)9-11-19-18(21)10-12-20-24(22,23)17-8-7-15-5-3-4-6-16(15)13-17/h7-8,13-14,20H,3-6,9-12H2,1-2H3,(H,19,21). The Balaban J connectivity index is 1.84. The Bertz CT molecular complexity index is 669. The van der Waals surface area contributed by atoms with Gasteiger partial charge in [0.05, 0.1) is 4.90 Å². The first kappa shape index (κ1) is 18.9. The molecule has 0 atom stereocenters. The Hall–Kier alpha value is -1.40. The first-order chi connectivity index (χ1) is 11.4. The third-order valence-electron chi connectivity index (χ3n) is 4.32. The first-order valence-electron chi connectivity index (χ1n) is 8.76. The highest BCUT2D eigenvalue weighted by molar-refractivity contribution is 7.89. The lowest BCUT2D eigenvalue weighted by Crippen LogP contribution is -2.31. The van der Waals surface area contributed by atoms with Crippen LogP contribution in [0.1, 0.15) is 50.7 Å². The predicted octanol–water partition coefficient (Wildman–Crippen LogP) is 2.40. The first-order valence-corrected chi connectivity index (χ1v) is 10.2. The van der Waals surface area contributed by atoms with E-state index in [1.165, 1.54) is 12.0 Å². The van der Waals surface area contributed by atoms with Gasteiger partial charge in [-0.15, -0.1) is 0 Å². The number of hydrogen-bond donors (Lipinski definition) is 2. The maximum atomic E-state index is 12.4. The van der Waals surface area contributed by atoms with Crippen LogP contribution >= 0.6 is 0 Å². The van der Waals surface area contributed by atoms with Crippen molar-refractivity contribution >= 4 is 15.9 Å². The van der Waals surface area contributed by atoms with Crippen LogP contribution in [0.25, 0.3) is 0 Å². The molecule has 5 nitrogen and oxygen atoms in total. The Morgan fingerprint density at radius 3 is 2.54 bits per heavy atom. The maximum Gasteiger partial charge on any atom is 0.240 e. The van der Waals surface area contributed by atoms with Crippen molar-refractivity contribution in [1.29, 1.82) is 0 Å². The van der Waals surface area contributed by atoms with Crippen LogP contribution in [0, 0.1) is 5.92 Å². The van der Waals surface area contributed by atoms with Gasteiger partial charge < -0.3 is 5.32 Å². The largest absolute Gasteiger partial charge is 0.356 e. The van der Waals surface area contributed by atoms with Gasteiger partial charge in [0.15, 0.2) is 0 Å². The second-order valence-electron chi connectivity index (χ2n) is 6.82. The number of hydrogen-bond acceptors (Lipinski definition) is 3. The van der Waals surface area contributed by atoms with Gasteiger partial charge in [0, 0.05) is 19.5 Å². The van der Waals surface area contributed by atoms with Crippen molar-refractivity contribution in [3.05, 3.63) is 29.3 Å². The molecule has 6 heteroatoms. The number of aryl methyl sites for hydroxylation is 2. The van der Waals surface area contributed by atoms with Crippen LogP contribution in [0.5, 0.6) is 0 Å². The highest BCUT2D eigenvalue weighted by Crippen LogP contribution is 2.23. The molecule has 24 heavy (non-hydrogen) atoms. The molecule has 1 aromatic carbocycles. The Labute approximate surface area is 145 Å². The van der Waals surface area contributed by atoms with Gasteiger partial charge in [-0.3, -0.25) is 4.79 Å². The second kappa shape index (κ2) is 8.62. The summed E-state index contributed by atoms with van der Waals surface area (Å²) in [5.74, 6) is 0.414. The molecule has 0 aliphatic heterocycles. The lowest BCUT2D eigenvalue weighted by molar-refractivity contribution is -0.120. The van der Waals surface area contributed by atoms with Gasteiger partial charge in [-0.2, -0.15) is 0 Å². The molecule has 0 fully saturated rings. The molecule has 0 unspecified atom stereocenters. The quantitative estimate of drug-likeness (QED) is 0.754. The van der Waals surface area contributed by atoms with E-state index in [9.17, 15) is 13.2 Å². The maximum absolute atomic E-state index is 12.4. The Kier molecular flexibility index (Phi) is 6.80. The molecule has 1 aliphatic rings. The average Bonchev–Trinajstić information content (AvgIpc) is 2.54. The molecule has 1 amide bonds. The van der Waals surface area contributed by atoms with Crippen LogP contribution in [0.3, 0.4) is 0 Å². The van der Waals surface area contributed by atoms with Crippen LogP contribution in [-0.2, 0) is 27.7 Å². The fraction of sp³-hybridized carbons (Fsp3) is 0.611. The number of carbonyl (C=O) groups is 1. The molecule has 0 spiro atoms. The van der Waals surface area contributed by atoms with Gasteiger partial charge in [0.1, 0.15) is 0 Å². The average molecular weight is 353 g/mol. The summed E-state index contributed by atoms with van der Waals surface area (Å²) in [5, 5.41) is 2.81. The van der Waals surface area contributed by atoms with E-state index in [0.717, 1.165) is 31.2 Å². The van der Waals surface area contributed by atoms with E-state index in [0.29, 0.717) is 17.4 Å². The van der Waals surface area contributed by atoms with Crippen molar-refractivity contribution in [3.63, 3.8) is 0 Å². The fourth-order valence-corrected chi connectivity index (χ4v) is 3.93. The zero-order valence-electron chi connectivity index (χ0n) is 14.6. The van der Waals surface area contributed by atoms with Crippen LogP contribution in [0.4, 0.5) is 0 Å². The highest BCUT2D eigenvalue weighted by Gasteiger charge is 2.17. The number of benzene rings is 1. The monoisotopic (exact) mass is 352 g/mol. The molecule has 0 bridgehead atoms. The number of amides is 1. The summed E-state index contributed by atoms with van der Waals surface area (Å²) in [6, 6.07) is 5.36. The smallest absolute Gasteiger partial charge is 0.240 e. The van der Waals surface area contributed by atoms with Crippen molar-refractivity contribution in [2.45, 2.75) is 57.3 Å². The SMILES string of the molecule is CC(C)CCNC(=O)CCNS(=O)(=O)c1ccc2c(c1)CCCC2. The minimum atomic E-state index is -3.55. The number of carbonyl (C=O) groups excluding carboxylic acids is 1. The minimum Gasteiger partial charge on any atom is -0.356 e. The topological polar surface area (TPSA) is 75.3 Å². The van der Waals surface area contributed by atoms with E-state index in [1.807, 2.05) is 6.07 Å². The highest BCUT2D eigenvalue weighted by atomic mass is 32.2. The van der Waals surface area contributed by atoms with Crippen LogP contribution < -0.4 is 10.0 Å². The van der Waals surface area contributed by atoms with Gasteiger partial charge >= 0.3 is 0 Å².